The molecule has 2 atom stereocenters. The first-order chi connectivity index (χ1) is 9.08. The zero-order valence-corrected chi connectivity index (χ0v) is 11.1. The third-order valence-electron chi connectivity index (χ3n) is 3.71. The van der Waals surface area contributed by atoms with E-state index in [1.807, 2.05) is 19.1 Å². The van der Waals surface area contributed by atoms with E-state index in [1.165, 1.54) is 0 Å². The Hall–Kier alpha value is -1.84. The van der Waals surface area contributed by atoms with Gasteiger partial charge in [-0.3, -0.25) is 9.59 Å². The SMILES string of the molecule is Cc1ccc(C(=O)N[C@@H]2CCCC[C@@H]2C(=O)O)cc1. The van der Waals surface area contributed by atoms with E-state index in [-0.39, 0.29) is 11.9 Å². The monoisotopic (exact) mass is 261 g/mol. The molecule has 0 unspecified atom stereocenters. The summed E-state index contributed by atoms with van der Waals surface area (Å²) in [5.74, 6) is -1.45. The van der Waals surface area contributed by atoms with E-state index in [4.69, 9.17) is 0 Å². The smallest absolute Gasteiger partial charge is 0.308 e. The molecule has 4 heteroatoms. The maximum atomic E-state index is 12.1. The molecule has 1 fully saturated rings. The van der Waals surface area contributed by atoms with Crippen molar-refractivity contribution in [2.45, 2.75) is 38.6 Å². The van der Waals surface area contributed by atoms with Gasteiger partial charge in [0.2, 0.25) is 0 Å². The number of aliphatic carboxylic acids is 1. The van der Waals surface area contributed by atoms with Crippen LogP contribution in [0.25, 0.3) is 0 Å². The van der Waals surface area contributed by atoms with Crippen molar-refractivity contribution >= 4 is 11.9 Å². The Labute approximate surface area is 112 Å². The highest BCUT2D eigenvalue weighted by Crippen LogP contribution is 2.25. The van der Waals surface area contributed by atoms with Crippen molar-refractivity contribution in [1.29, 1.82) is 0 Å². The molecule has 0 radical (unpaired) electrons. The molecule has 0 spiro atoms. The zero-order valence-electron chi connectivity index (χ0n) is 11.1. The van der Waals surface area contributed by atoms with Crippen molar-refractivity contribution in [3.05, 3.63) is 35.4 Å². The fourth-order valence-electron chi connectivity index (χ4n) is 2.56. The molecule has 1 amide bonds. The molecule has 1 aromatic rings. The van der Waals surface area contributed by atoms with Crippen LogP contribution in [0.2, 0.25) is 0 Å². The van der Waals surface area contributed by atoms with Gasteiger partial charge in [-0.2, -0.15) is 0 Å². The van der Waals surface area contributed by atoms with Gasteiger partial charge >= 0.3 is 5.97 Å². The van der Waals surface area contributed by atoms with E-state index in [0.29, 0.717) is 12.0 Å². The van der Waals surface area contributed by atoms with Gasteiger partial charge in [0.15, 0.2) is 0 Å². The number of carboxylic acids is 1. The normalized spacial score (nSPS) is 22.8. The van der Waals surface area contributed by atoms with Crippen LogP contribution in [0.1, 0.15) is 41.6 Å². The van der Waals surface area contributed by atoms with E-state index >= 15 is 0 Å². The zero-order chi connectivity index (χ0) is 13.8. The van der Waals surface area contributed by atoms with Gasteiger partial charge in [-0.05, 0) is 31.9 Å². The molecule has 2 N–H and O–H groups in total. The second kappa shape index (κ2) is 5.87. The summed E-state index contributed by atoms with van der Waals surface area (Å²) < 4.78 is 0. The minimum absolute atomic E-state index is 0.182. The number of carbonyl (C=O) groups is 2. The number of carboxylic acid groups (broad SMARTS) is 1. The van der Waals surface area contributed by atoms with Gasteiger partial charge in [-0.1, -0.05) is 30.5 Å². The van der Waals surface area contributed by atoms with Gasteiger partial charge in [0.05, 0.1) is 5.92 Å². The number of hydrogen-bond acceptors (Lipinski definition) is 2. The number of benzene rings is 1. The number of nitrogens with one attached hydrogen (secondary N) is 1. The lowest BCUT2D eigenvalue weighted by atomic mass is 9.84. The van der Waals surface area contributed by atoms with Crippen LogP contribution >= 0.6 is 0 Å². The van der Waals surface area contributed by atoms with Gasteiger partial charge in [0.25, 0.3) is 5.91 Å². The summed E-state index contributed by atoms with van der Waals surface area (Å²) in [7, 11) is 0. The Morgan fingerprint density at radius 1 is 1.16 bits per heavy atom. The van der Waals surface area contributed by atoms with Crippen LogP contribution in [0.4, 0.5) is 0 Å². The molecule has 0 saturated heterocycles. The lowest BCUT2D eigenvalue weighted by molar-refractivity contribution is -0.143. The summed E-state index contributed by atoms with van der Waals surface area (Å²) in [6.07, 6.45) is 3.29. The number of aryl methyl sites for hydroxylation is 1. The number of amides is 1. The summed E-state index contributed by atoms with van der Waals surface area (Å²) in [6.45, 7) is 1.96. The van der Waals surface area contributed by atoms with Crippen molar-refractivity contribution in [1.82, 2.24) is 5.32 Å². The van der Waals surface area contributed by atoms with E-state index in [1.54, 1.807) is 12.1 Å². The standard InChI is InChI=1S/C15H19NO3/c1-10-6-8-11(9-7-10)14(17)16-13-5-3-2-4-12(13)15(18)19/h6-9,12-13H,2-5H2,1H3,(H,16,17)(H,18,19)/t12-,13+/m0/s1. The Morgan fingerprint density at radius 3 is 2.42 bits per heavy atom. The largest absolute Gasteiger partial charge is 0.481 e. The maximum absolute atomic E-state index is 12.1. The molecular formula is C15H19NO3. The van der Waals surface area contributed by atoms with Crippen LogP contribution in [-0.2, 0) is 4.79 Å². The van der Waals surface area contributed by atoms with Crippen LogP contribution in [0.15, 0.2) is 24.3 Å². The topological polar surface area (TPSA) is 66.4 Å². The predicted octanol–water partition coefficient (Wildman–Crippen LogP) is 2.37. The van der Waals surface area contributed by atoms with Gasteiger partial charge in [-0.25, -0.2) is 0 Å². The highest BCUT2D eigenvalue weighted by Gasteiger charge is 2.31. The van der Waals surface area contributed by atoms with E-state index in [9.17, 15) is 14.7 Å². The van der Waals surface area contributed by atoms with Crippen LogP contribution < -0.4 is 5.32 Å². The molecule has 4 nitrogen and oxygen atoms in total. The van der Waals surface area contributed by atoms with Crippen molar-refractivity contribution in [2.24, 2.45) is 5.92 Å². The molecule has 0 bridgehead atoms. The van der Waals surface area contributed by atoms with Crippen LogP contribution in [0.5, 0.6) is 0 Å². The Balaban J connectivity index is 2.04. The van der Waals surface area contributed by atoms with E-state index in [0.717, 1.165) is 24.8 Å². The molecule has 1 aromatic carbocycles. The molecule has 2 rings (SSSR count). The second-order valence-electron chi connectivity index (χ2n) is 5.18. The summed E-state index contributed by atoms with van der Waals surface area (Å²) in [5, 5.41) is 12.0. The third-order valence-corrected chi connectivity index (χ3v) is 3.71. The molecule has 1 saturated carbocycles. The summed E-state index contributed by atoms with van der Waals surface area (Å²) in [4.78, 5) is 23.3. The quantitative estimate of drug-likeness (QED) is 0.877. The lowest BCUT2D eigenvalue weighted by Crippen LogP contribution is -2.45. The van der Waals surface area contributed by atoms with E-state index in [2.05, 4.69) is 5.32 Å². The van der Waals surface area contributed by atoms with Gasteiger partial charge in [-0.15, -0.1) is 0 Å². The summed E-state index contributed by atoms with van der Waals surface area (Å²) >= 11 is 0. The Morgan fingerprint density at radius 2 is 1.79 bits per heavy atom. The Kier molecular flexibility index (Phi) is 4.20. The summed E-state index contributed by atoms with van der Waals surface area (Å²) in [5.41, 5.74) is 1.68. The van der Waals surface area contributed by atoms with Crippen molar-refractivity contribution in [3.63, 3.8) is 0 Å². The van der Waals surface area contributed by atoms with Crippen LogP contribution in [0, 0.1) is 12.8 Å². The fourth-order valence-corrected chi connectivity index (χ4v) is 2.56. The minimum Gasteiger partial charge on any atom is -0.481 e. The van der Waals surface area contributed by atoms with Crippen LogP contribution in [-0.4, -0.2) is 23.0 Å². The van der Waals surface area contributed by atoms with Gasteiger partial charge < -0.3 is 10.4 Å². The van der Waals surface area contributed by atoms with Gasteiger partial charge in [0, 0.05) is 11.6 Å². The highest BCUT2D eigenvalue weighted by atomic mass is 16.4. The van der Waals surface area contributed by atoms with Crippen LogP contribution in [0.3, 0.4) is 0 Å². The van der Waals surface area contributed by atoms with Crippen molar-refractivity contribution in [2.75, 3.05) is 0 Å². The minimum atomic E-state index is -0.811. The molecule has 19 heavy (non-hydrogen) atoms. The number of rotatable bonds is 3. The molecule has 0 aliphatic heterocycles. The summed E-state index contributed by atoms with van der Waals surface area (Å²) in [6, 6.07) is 7.04. The number of hydrogen-bond donors (Lipinski definition) is 2. The first-order valence-electron chi connectivity index (χ1n) is 6.68. The average molecular weight is 261 g/mol. The average Bonchev–Trinajstić information content (AvgIpc) is 2.39. The third kappa shape index (κ3) is 3.34. The lowest BCUT2D eigenvalue weighted by Gasteiger charge is -2.29. The molecule has 0 heterocycles. The maximum Gasteiger partial charge on any atom is 0.308 e. The number of carbonyl (C=O) groups excluding carboxylic acids is 1. The highest BCUT2D eigenvalue weighted by molar-refractivity contribution is 5.94. The predicted molar refractivity (Wildman–Crippen MR) is 72.0 cm³/mol. The molecule has 102 valence electrons. The van der Waals surface area contributed by atoms with Gasteiger partial charge in [0.1, 0.15) is 0 Å². The molecule has 1 aliphatic carbocycles. The van der Waals surface area contributed by atoms with Crippen molar-refractivity contribution < 1.29 is 14.7 Å². The first kappa shape index (κ1) is 13.6. The molecular weight excluding hydrogens is 242 g/mol. The van der Waals surface area contributed by atoms with E-state index < -0.39 is 11.9 Å². The molecule has 1 aliphatic rings. The molecule has 0 aromatic heterocycles. The second-order valence-corrected chi connectivity index (χ2v) is 5.18. The first-order valence-corrected chi connectivity index (χ1v) is 6.68. The van der Waals surface area contributed by atoms with Crippen molar-refractivity contribution in [3.8, 4) is 0 Å². The fraction of sp³-hybridized carbons (Fsp3) is 0.467. The Bertz CT molecular complexity index is 467.